The summed E-state index contributed by atoms with van der Waals surface area (Å²) in [5, 5.41) is 6.11. The maximum absolute atomic E-state index is 11.8. The van der Waals surface area contributed by atoms with Gasteiger partial charge in [-0.1, -0.05) is 30.9 Å². The molecule has 3 heteroatoms. The maximum Gasteiger partial charge on any atom is 0.315 e. The number of hydrogen-bond acceptors (Lipinski definition) is 1. The fourth-order valence-corrected chi connectivity index (χ4v) is 2.39. The molecule has 1 aliphatic rings. The number of carbonyl (C=O) groups is 1. The molecule has 0 aromatic carbocycles. The van der Waals surface area contributed by atoms with Crippen LogP contribution in [-0.4, -0.2) is 18.1 Å². The van der Waals surface area contributed by atoms with Crippen LogP contribution >= 0.6 is 0 Å². The molecule has 1 fully saturated rings. The Bertz CT molecular complexity index is 276. The van der Waals surface area contributed by atoms with Crippen LogP contribution in [-0.2, 0) is 0 Å². The number of nitrogens with one attached hydrogen (secondary N) is 2. The highest BCUT2D eigenvalue weighted by atomic mass is 16.2. The Kier molecular flexibility index (Phi) is 6.84. The lowest BCUT2D eigenvalue weighted by Gasteiger charge is -2.24. The highest BCUT2D eigenvalue weighted by Gasteiger charge is 2.16. The Morgan fingerprint density at radius 2 is 1.94 bits per heavy atom. The summed E-state index contributed by atoms with van der Waals surface area (Å²) in [6.07, 6.45) is 10.4. The topological polar surface area (TPSA) is 41.1 Å². The summed E-state index contributed by atoms with van der Waals surface area (Å²) < 4.78 is 0. The first-order valence-corrected chi connectivity index (χ1v) is 7.28. The van der Waals surface area contributed by atoms with Crippen LogP contribution < -0.4 is 10.6 Å². The lowest BCUT2D eigenvalue weighted by molar-refractivity contribution is 0.229. The predicted molar refractivity (Wildman–Crippen MR) is 76.7 cm³/mol. The van der Waals surface area contributed by atoms with Crippen LogP contribution in [0.4, 0.5) is 4.79 Å². The smallest absolute Gasteiger partial charge is 0.315 e. The number of hydrogen-bond donors (Lipinski definition) is 2. The second-order valence-electron chi connectivity index (χ2n) is 5.71. The first kappa shape index (κ1) is 15.1. The third-order valence-corrected chi connectivity index (χ3v) is 3.47. The molecule has 1 saturated carbocycles. The van der Waals surface area contributed by atoms with Gasteiger partial charge < -0.3 is 10.6 Å². The Morgan fingerprint density at radius 3 is 2.56 bits per heavy atom. The summed E-state index contributed by atoms with van der Waals surface area (Å²) >= 11 is 0. The SMILES string of the molecule is CC(C)=CCC[C@H](C)NC(=O)NC1CCCCC1. The number of carbonyl (C=O) groups excluding carboxylic acids is 1. The van der Waals surface area contributed by atoms with Gasteiger partial charge in [-0.3, -0.25) is 0 Å². The summed E-state index contributed by atoms with van der Waals surface area (Å²) in [6, 6.07) is 0.638. The monoisotopic (exact) mass is 252 g/mol. The maximum atomic E-state index is 11.8. The second-order valence-corrected chi connectivity index (χ2v) is 5.71. The minimum atomic E-state index is 0.00611. The molecule has 18 heavy (non-hydrogen) atoms. The number of rotatable bonds is 5. The summed E-state index contributed by atoms with van der Waals surface area (Å²) in [6.45, 7) is 6.28. The third-order valence-electron chi connectivity index (χ3n) is 3.47. The molecule has 0 aromatic rings. The standard InChI is InChI=1S/C15H28N2O/c1-12(2)8-7-9-13(3)16-15(18)17-14-10-5-4-6-11-14/h8,13-14H,4-7,9-11H2,1-3H3,(H2,16,17,18)/t13-/m0/s1. The Balaban J connectivity index is 2.16. The molecule has 0 aliphatic heterocycles. The van der Waals surface area contributed by atoms with Crippen molar-refractivity contribution >= 4 is 6.03 Å². The molecule has 2 N–H and O–H groups in total. The van der Waals surface area contributed by atoms with E-state index in [0.29, 0.717) is 6.04 Å². The van der Waals surface area contributed by atoms with E-state index in [4.69, 9.17) is 0 Å². The lowest BCUT2D eigenvalue weighted by atomic mass is 9.96. The van der Waals surface area contributed by atoms with Crippen LogP contribution in [0, 0.1) is 0 Å². The molecule has 104 valence electrons. The predicted octanol–water partition coefficient (Wildman–Crippen LogP) is 3.75. The van der Waals surface area contributed by atoms with Crippen molar-refractivity contribution in [1.29, 1.82) is 0 Å². The van der Waals surface area contributed by atoms with E-state index in [1.807, 2.05) is 0 Å². The van der Waals surface area contributed by atoms with Gasteiger partial charge >= 0.3 is 6.03 Å². The van der Waals surface area contributed by atoms with Crippen LogP contribution in [0.5, 0.6) is 0 Å². The van der Waals surface area contributed by atoms with Gasteiger partial charge in [0.2, 0.25) is 0 Å². The van der Waals surface area contributed by atoms with Crippen molar-refractivity contribution in [3.8, 4) is 0 Å². The van der Waals surface area contributed by atoms with Gasteiger partial charge in [-0.15, -0.1) is 0 Å². The van der Waals surface area contributed by atoms with Gasteiger partial charge in [0.25, 0.3) is 0 Å². The first-order chi connectivity index (χ1) is 8.58. The fraction of sp³-hybridized carbons (Fsp3) is 0.800. The number of urea groups is 1. The quantitative estimate of drug-likeness (QED) is 0.719. The van der Waals surface area contributed by atoms with Crippen molar-refractivity contribution in [3.63, 3.8) is 0 Å². The van der Waals surface area contributed by atoms with Crippen molar-refractivity contribution in [1.82, 2.24) is 10.6 Å². The zero-order valence-corrected chi connectivity index (χ0v) is 12.1. The van der Waals surface area contributed by atoms with Gasteiger partial charge in [-0.2, -0.15) is 0 Å². The van der Waals surface area contributed by atoms with Crippen LogP contribution in [0.3, 0.4) is 0 Å². The van der Waals surface area contributed by atoms with E-state index in [9.17, 15) is 4.79 Å². The highest BCUT2D eigenvalue weighted by Crippen LogP contribution is 2.17. The molecule has 0 bridgehead atoms. The zero-order valence-electron chi connectivity index (χ0n) is 12.1. The van der Waals surface area contributed by atoms with E-state index in [1.165, 1.54) is 24.8 Å². The van der Waals surface area contributed by atoms with E-state index < -0.39 is 0 Å². The lowest BCUT2D eigenvalue weighted by Crippen LogP contribution is -2.45. The largest absolute Gasteiger partial charge is 0.336 e. The molecular weight excluding hydrogens is 224 g/mol. The Morgan fingerprint density at radius 1 is 1.28 bits per heavy atom. The van der Waals surface area contributed by atoms with E-state index in [2.05, 4.69) is 37.5 Å². The molecule has 2 amide bonds. The molecule has 1 rings (SSSR count). The summed E-state index contributed by atoms with van der Waals surface area (Å²) in [5.74, 6) is 0. The molecule has 0 radical (unpaired) electrons. The van der Waals surface area contributed by atoms with E-state index >= 15 is 0 Å². The van der Waals surface area contributed by atoms with Crippen molar-refractivity contribution in [2.45, 2.75) is 77.8 Å². The van der Waals surface area contributed by atoms with Crippen LogP contribution in [0.15, 0.2) is 11.6 Å². The molecule has 0 saturated heterocycles. The van der Waals surface area contributed by atoms with Crippen LogP contribution in [0.25, 0.3) is 0 Å². The summed E-state index contributed by atoms with van der Waals surface area (Å²) in [4.78, 5) is 11.8. The zero-order chi connectivity index (χ0) is 13.4. The van der Waals surface area contributed by atoms with E-state index in [1.54, 1.807) is 0 Å². The molecular formula is C15H28N2O. The molecule has 3 nitrogen and oxygen atoms in total. The molecule has 1 aliphatic carbocycles. The van der Waals surface area contributed by atoms with E-state index in [0.717, 1.165) is 25.7 Å². The van der Waals surface area contributed by atoms with Gasteiger partial charge in [-0.25, -0.2) is 4.79 Å². The van der Waals surface area contributed by atoms with Gasteiger partial charge in [0.1, 0.15) is 0 Å². The van der Waals surface area contributed by atoms with Crippen molar-refractivity contribution < 1.29 is 4.79 Å². The first-order valence-electron chi connectivity index (χ1n) is 7.28. The van der Waals surface area contributed by atoms with Gasteiger partial charge in [-0.05, 0) is 46.5 Å². The minimum Gasteiger partial charge on any atom is -0.336 e. The third kappa shape index (κ3) is 6.67. The Hall–Kier alpha value is -0.990. The number of amides is 2. The summed E-state index contributed by atoms with van der Waals surface area (Å²) in [5.41, 5.74) is 1.34. The van der Waals surface area contributed by atoms with Crippen LogP contribution in [0.2, 0.25) is 0 Å². The highest BCUT2D eigenvalue weighted by molar-refractivity contribution is 5.74. The summed E-state index contributed by atoms with van der Waals surface area (Å²) in [7, 11) is 0. The van der Waals surface area contributed by atoms with Gasteiger partial charge in [0.05, 0.1) is 0 Å². The number of allylic oxidation sites excluding steroid dienone is 2. The second kappa shape index (κ2) is 8.17. The average molecular weight is 252 g/mol. The van der Waals surface area contributed by atoms with Gasteiger partial charge in [0.15, 0.2) is 0 Å². The molecule has 0 spiro atoms. The molecule has 0 aromatic heterocycles. The normalized spacial score (nSPS) is 17.9. The Labute approximate surface area is 111 Å². The molecule has 1 atom stereocenters. The fourth-order valence-electron chi connectivity index (χ4n) is 2.39. The van der Waals surface area contributed by atoms with E-state index in [-0.39, 0.29) is 12.1 Å². The van der Waals surface area contributed by atoms with Crippen molar-refractivity contribution in [3.05, 3.63) is 11.6 Å². The van der Waals surface area contributed by atoms with Crippen LogP contribution in [0.1, 0.15) is 65.7 Å². The molecule has 0 heterocycles. The van der Waals surface area contributed by atoms with Crippen molar-refractivity contribution in [2.24, 2.45) is 0 Å². The van der Waals surface area contributed by atoms with Crippen molar-refractivity contribution in [2.75, 3.05) is 0 Å². The average Bonchev–Trinajstić information content (AvgIpc) is 2.29. The minimum absolute atomic E-state index is 0.00611. The molecule has 0 unspecified atom stereocenters. The van der Waals surface area contributed by atoms with Gasteiger partial charge in [0, 0.05) is 12.1 Å².